The third-order valence-electron chi connectivity index (χ3n) is 4.95. The molecule has 2 amide bonds. The van der Waals surface area contributed by atoms with Gasteiger partial charge in [-0.3, -0.25) is 9.59 Å². The van der Waals surface area contributed by atoms with E-state index in [2.05, 4.69) is 10.6 Å². The summed E-state index contributed by atoms with van der Waals surface area (Å²) < 4.78 is 37.5. The number of fused-ring (bicyclic) bond motifs is 3. The lowest BCUT2D eigenvalue weighted by Gasteiger charge is -2.10. The zero-order chi connectivity index (χ0) is 21.1. The van der Waals surface area contributed by atoms with Gasteiger partial charge < -0.3 is 19.8 Å². The summed E-state index contributed by atoms with van der Waals surface area (Å²) >= 11 is 0. The number of carbonyl (C=O) groups is 2. The fraction of sp³-hybridized carbons (Fsp3) is 0.273. The number of rotatable bonds is 6. The van der Waals surface area contributed by atoms with E-state index in [0.29, 0.717) is 5.75 Å². The molecule has 0 atom stereocenters. The average Bonchev–Trinajstić information content (AvgIpc) is 3.11. The molecular weight excluding hydrogens is 394 g/mol. The lowest BCUT2D eigenvalue weighted by atomic mass is 9.96. The second kappa shape index (κ2) is 8.52. The SMILES string of the molecule is O=C(COc1ccc2oc3c(c2c1)CCCC3)NCC(=O)Nc1ccc(F)c(F)c1. The molecule has 0 spiro atoms. The lowest BCUT2D eigenvalue weighted by molar-refractivity contribution is -0.125. The van der Waals surface area contributed by atoms with Gasteiger partial charge in [-0.05, 0) is 49.6 Å². The van der Waals surface area contributed by atoms with Crippen molar-refractivity contribution < 1.29 is 27.5 Å². The Hall–Kier alpha value is -3.42. The number of halogens is 2. The van der Waals surface area contributed by atoms with Crippen LogP contribution in [0.5, 0.6) is 5.75 Å². The predicted octanol–water partition coefficient (Wildman–Crippen LogP) is 3.72. The molecule has 2 aromatic carbocycles. The van der Waals surface area contributed by atoms with Gasteiger partial charge in [-0.2, -0.15) is 0 Å². The van der Waals surface area contributed by atoms with Crippen molar-refractivity contribution in [1.82, 2.24) is 5.32 Å². The monoisotopic (exact) mass is 414 g/mol. The Morgan fingerprint density at radius 1 is 1.00 bits per heavy atom. The quantitative estimate of drug-likeness (QED) is 0.644. The molecule has 1 aliphatic rings. The van der Waals surface area contributed by atoms with Crippen LogP contribution >= 0.6 is 0 Å². The van der Waals surface area contributed by atoms with Gasteiger partial charge in [0.2, 0.25) is 5.91 Å². The van der Waals surface area contributed by atoms with Crippen molar-refractivity contribution in [3.8, 4) is 5.75 Å². The van der Waals surface area contributed by atoms with Gasteiger partial charge in [0.25, 0.3) is 5.91 Å². The van der Waals surface area contributed by atoms with E-state index in [-0.39, 0.29) is 18.8 Å². The first-order chi connectivity index (χ1) is 14.5. The van der Waals surface area contributed by atoms with Gasteiger partial charge in [-0.15, -0.1) is 0 Å². The van der Waals surface area contributed by atoms with Crippen molar-refractivity contribution in [1.29, 1.82) is 0 Å². The van der Waals surface area contributed by atoms with E-state index in [4.69, 9.17) is 9.15 Å². The van der Waals surface area contributed by atoms with Crippen LogP contribution in [-0.2, 0) is 22.4 Å². The highest BCUT2D eigenvalue weighted by atomic mass is 19.2. The van der Waals surface area contributed by atoms with E-state index in [1.807, 2.05) is 12.1 Å². The zero-order valence-electron chi connectivity index (χ0n) is 16.1. The number of ether oxygens (including phenoxy) is 1. The Morgan fingerprint density at radius 2 is 1.83 bits per heavy atom. The lowest BCUT2D eigenvalue weighted by Crippen LogP contribution is -2.35. The fourth-order valence-electron chi connectivity index (χ4n) is 3.49. The molecule has 0 fully saturated rings. The van der Waals surface area contributed by atoms with Gasteiger partial charge in [-0.25, -0.2) is 8.78 Å². The molecule has 1 aromatic heterocycles. The molecule has 156 valence electrons. The van der Waals surface area contributed by atoms with Crippen LogP contribution in [0.1, 0.15) is 24.2 Å². The molecule has 0 saturated carbocycles. The molecule has 1 heterocycles. The maximum absolute atomic E-state index is 13.2. The third kappa shape index (κ3) is 4.42. The van der Waals surface area contributed by atoms with Gasteiger partial charge in [-0.1, -0.05) is 0 Å². The van der Waals surface area contributed by atoms with Crippen molar-refractivity contribution in [2.45, 2.75) is 25.7 Å². The largest absolute Gasteiger partial charge is 0.484 e. The number of furan rings is 1. The predicted molar refractivity (Wildman–Crippen MR) is 106 cm³/mol. The van der Waals surface area contributed by atoms with E-state index < -0.39 is 23.4 Å². The Labute approximate surface area is 171 Å². The standard InChI is InChI=1S/C22H20F2N2O4/c23-17-7-5-13(9-18(17)24)26-21(27)11-25-22(28)12-29-14-6-8-20-16(10-14)15-3-1-2-4-19(15)30-20/h5-10H,1-4,11-12H2,(H,25,28)(H,26,27). The van der Waals surface area contributed by atoms with Gasteiger partial charge >= 0.3 is 0 Å². The number of nitrogens with one attached hydrogen (secondary N) is 2. The van der Waals surface area contributed by atoms with Gasteiger partial charge in [0.15, 0.2) is 18.2 Å². The number of carbonyl (C=O) groups excluding carboxylic acids is 2. The second-order valence-electron chi connectivity index (χ2n) is 7.11. The maximum atomic E-state index is 13.2. The van der Waals surface area contributed by atoms with Crippen LogP contribution < -0.4 is 15.4 Å². The van der Waals surface area contributed by atoms with Crippen LogP contribution in [0.2, 0.25) is 0 Å². The molecule has 2 N–H and O–H groups in total. The van der Waals surface area contributed by atoms with Gasteiger partial charge in [0, 0.05) is 29.1 Å². The number of benzene rings is 2. The Morgan fingerprint density at radius 3 is 2.67 bits per heavy atom. The number of hydrogen-bond acceptors (Lipinski definition) is 4. The highest BCUT2D eigenvalue weighted by molar-refractivity contribution is 5.94. The number of hydrogen-bond donors (Lipinski definition) is 2. The van der Waals surface area contributed by atoms with Crippen LogP contribution in [-0.4, -0.2) is 25.0 Å². The summed E-state index contributed by atoms with van der Waals surface area (Å²) in [5.41, 5.74) is 2.12. The minimum Gasteiger partial charge on any atom is -0.484 e. The Balaban J connectivity index is 1.28. The van der Waals surface area contributed by atoms with Gasteiger partial charge in [0.1, 0.15) is 17.1 Å². The van der Waals surface area contributed by atoms with E-state index in [0.717, 1.165) is 54.5 Å². The molecule has 8 heteroatoms. The van der Waals surface area contributed by atoms with Crippen molar-refractivity contribution >= 4 is 28.5 Å². The normalized spacial score (nSPS) is 13.0. The summed E-state index contributed by atoms with van der Waals surface area (Å²) in [7, 11) is 0. The third-order valence-corrected chi connectivity index (χ3v) is 4.95. The summed E-state index contributed by atoms with van der Waals surface area (Å²) in [6.45, 7) is -0.584. The fourth-order valence-corrected chi connectivity index (χ4v) is 3.49. The molecule has 0 radical (unpaired) electrons. The molecule has 0 unspecified atom stereocenters. The van der Waals surface area contributed by atoms with Crippen LogP contribution in [0.15, 0.2) is 40.8 Å². The maximum Gasteiger partial charge on any atom is 0.258 e. The summed E-state index contributed by atoms with van der Waals surface area (Å²) in [4.78, 5) is 23.8. The molecule has 0 bridgehead atoms. The summed E-state index contributed by atoms with van der Waals surface area (Å²) in [5.74, 6) is -1.56. The molecule has 6 nitrogen and oxygen atoms in total. The minimum absolute atomic E-state index is 0.0983. The van der Waals surface area contributed by atoms with E-state index in [1.54, 1.807) is 6.07 Å². The van der Waals surface area contributed by atoms with Crippen molar-refractivity contribution in [2.24, 2.45) is 0 Å². The number of aryl methyl sites for hydroxylation is 2. The first kappa shape index (κ1) is 19.9. The highest BCUT2D eigenvalue weighted by Crippen LogP contribution is 2.33. The van der Waals surface area contributed by atoms with Crippen molar-refractivity contribution in [3.05, 3.63) is 59.4 Å². The van der Waals surface area contributed by atoms with E-state index in [1.165, 1.54) is 11.6 Å². The summed E-state index contributed by atoms with van der Waals surface area (Å²) in [6, 6.07) is 8.43. The van der Waals surface area contributed by atoms with Crippen LogP contribution in [0.3, 0.4) is 0 Å². The molecular formula is C22H20F2N2O4. The van der Waals surface area contributed by atoms with E-state index >= 15 is 0 Å². The summed E-state index contributed by atoms with van der Waals surface area (Å²) in [6.07, 6.45) is 4.16. The van der Waals surface area contributed by atoms with Crippen LogP contribution in [0.4, 0.5) is 14.5 Å². The average molecular weight is 414 g/mol. The topological polar surface area (TPSA) is 80.6 Å². The molecule has 30 heavy (non-hydrogen) atoms. The molecule has 4 rings (SSSR count). The molecule has 0 saturated heterocycles. The number of anilines is 1. The zero-order valence-corrected chi connectivity index (χ0v) is 16.1. The first-order valence-electron chi connectivity index (χ1n) is 9.68. The molecule has 0 aliphatic heterocycles. The Bertz CT molecular complexity index is 1110. The Kier molecular flexibility index (Phi) is 5.65. The second-order valence-corrected chi connectivity index (χ2v) is 7.11. The van der Waals surface area contributed by atoms with Crippen LogP contribution in [0.25, 0.3) is 11.0 Å². The van der Waals surface area contributed by atoms with Crippen LogP contribution in [0, 0.1) is 11.6 Å². The smallest absolute Gasteiger partial charge is 0.258 e. The number of amides is 2. The van der Waals surface area contributed by atoms with Crippen molar-refractivity contribution in [2.75, 3.05) is 18.5 Å². The molecule has 1 aliphatic carbocycles. The first-order valence-corrected chi connectivity index (χ1v) is 9.68. The minimum atomic E-state index is -1.07. The van der Waals surface area contributed by atoms with Crippen molar-refractivity contribution in [3.63, 3.8) is 0 Å². The van der Waals surface area contributed by atoms with E-state index in [9.17, 15) is 18.4 Å². The van der Waals surface area contributed by atoms with Gasteiger partial charge in [0.05, 0.1) is 6.54 Å². The highest BCUT2D eigenvalue weighted by Gasteiger charge is 2.18. The summed E-state index contributed by atoms with van der Waals surface area (Å²) in [5, 5.41) is 5.80. The molecule has 3 aromatic rings.